The molecule has 16 rings (SSSR count). The van der Waals surface area contributed by atoms with E-state index in [0.717, 1.165) is 135 Å². The summed E-state index contributed by atoms with van der Waals surface area (Å²) in [5.74, 6) is 3.79. The van der Waals surface area contributed by atoms with Crippen LogP contribution < -0.4 is 46.4 Å². The van der Waals surface area contributed by atoms with Crippen molar-refractivity contribution in [2.24, 2.45) is 35.2 Å². The molecule has 640 valence electrons. The van der Waals surface area contributed by atoms with Crippen LogP contribution >= 0.6 is 11.6 Å². The lowest BCUT2D eigenvalue weighted by molar-refractivity contribution is 0.289. The van der Waals surface area contributed by atoms with E-state index in [4.69, 9.17) is 35.3 Å². The molecule has 0 N–H and O–H groups in total. The smallest absolute Gasteiger partial charge is 0.368 e. The van der Waals surface area contributed by atoms with E-state index in [9.17, 15) is 19.2 Å². The molecule has 12 heterocycles. The van der Waals surface area contributed by atoms with Gasteiger partial charge in [-0.1, -0.05) is 60.1 Å². The van der Waals surface area contributed by atoms with E-state index in [2.05, 4.69) is 91.7 Å². The van der Waals surface area contributed by atoms with Crippen LogP contribution in [0.2, 0.25) is 5.02 Å². The van der Waals surface area contributed by atoms with Crippen LogP contribution in [0.15, 0.2) is 165 Å². The van der Waals surface area contributed by atoms with Gasteiger partial charge in [-0.15, -0.1) is 0 Å². The van der Waals surface area contributed by atoms with Crippen LogP contribution in [0.1, 0.15) is 101 Å². The van der Waals surface area contributed by atoms with Gasteiger partial charge in [0.05, 0.1) is 69.0 Å². The number of tetrazole rings is 4. The van der Waals surface area contributed by atoms with Crippen LogP contribution in [0, 0.1) is 96.9 Å². The number of benzene rings is 4. The average molecular weight is 1710 g/mol. The third-order valence-corrected chi connectivity index (χ3v) is 20.7. The zero-order valence-electron chi connectivity index (χ0n) is 72.8. The Morgan fingerprint density at radius 3 is 1.00 bits per heavy atom. The molecule has 0 aliphatic carbocycles. The fraction of sp³-hybridized carbons (Fsp3) is 0.273. The molecule has 0 radical (unpaired) electrons. The summed E-state index contributed by atoms with van der Waals surface area (Å²) >= 11 is 5.95. The molecule has 0 aliphatic heterocycles. The molecular weight excluding hydrogens is 1610 g/mol. The molecule has 16 aromatic rings. The number of pyridine rings is 5. The third kappa shape index (κ3) is 19.6. The largest absolute Gasteiger partial charge is 0.481 e. The summed E-state index contributed by atoms with van der Waals surface area (Å²) in [5, 5.41) is 36.1. The number of ether oxygens (including phenoxy) is 5. The summed E-state index contributed by atoms with van der Waals surface area (Å²) in [6, 6.07) is 39.9. The van der Waals surface area contributed by atoms with E-state index in [0.29, 0.717) is 68.8 Å². The van der Waals surface area contributed by atoms with Gasteiger partial charge in [-0.3, -0.25) is 9.67 Å². The molecule has 4 aromatic carbocycles. The van der Waals surface area contributed by atoms with Gasteiger partial charge in [-0.2, -0.15) is 47.5 Å². The Balaban J connectivity index is 0.000000143. The molecule has 0 atom stereocenters. The van der Waals surface area contributed by atoms with Crippen molar-refractivity contribution >= 4 is 11.6 Å². The van der Waals surface area contributed by atoms with Gasteiger partial charge in [-0.25, -0.2) is 54.1 Å². The van der Waals surface area contributed by atoms with Crippen LogP contribution in [0.25, 0.3) is 68.0 Å². The topological polar surface area (TPSA) is 391 Å². The van der Waals surface area contributed by atoms with Crippen molar-refractivity contribution in [2.45, 2.75) is 123 Å². The van der Waals surface area contributed by atoms with Crippen molar-refractivity contribution in [3.05, 3.63) is 294 Å². The predicted molar refractivity (Wildman–Crippen MR) is 466 cm³/mol. The molecule has 0 amide bonds. The van der Waals surface area contributed by atoms with Crippen molar-refractivity contribution in [3.63, 3.8) is 0 Å². The van der Waals surface area contributed by atoms with Crippen molar-refractivity contribution in [2.75, 3.05) is 7.11 Å². The van der Waals surface area contributed by atoms with Gasteiger partial charge in [0.2, 0.25) is 29.4 Å². The number of hydrogen-bond donors (Lipinski definition) is 0. The predicted octanol–water partition coefficient (Wildman–Crippen LogP) is 11.1. The number of hydrogen-bond acceptors (Lipinski definition) is 27. The highest BCUT2D eigenvalue weighted by molar-refractivity contribution is 6.30. The summed E-state index contributed by atoms with van der Waals surface area (Å²) in [6.45, 7) is 28.0. The number of nitrogens with zero attached hydrogens (tertiary/aromatic N) is 27. The molecule has 36 nitrogen and oxygen atoms in total. The maximum absolute atomic E-state index is 12.4. The number of aromatic nitrogens is 27. The quantitative estimate of drug-likeness (QED) is 0.0645. The molecular formula is C88H92ClN27O9. The summed E-state index contributed by atoms with van der Waals surface area (Å²) in [6.07, 6.45) is 5.26. The van der Waals surface area contributed by atoms with Gasteiger partial charge in [0, 0.05) is 138 Å². The zero-order valence-corrected chi connectivity index (χ0v) is 73.6. The van der Waals surface area contributed by atoms with E-state index < -0.39 is 0 Å². The number of methoxy groups -OCH3 is 1. The standard InChI is InChI=1S/C23H25N7O3.C22H21ClN6O2.C22H23N7O2.C21H23N7O2/c1-13-8-7-9-19(30-23(31)29(5)27-28-30)18(13)12-33-22-14(2)10-17(16(4)25-22)21-24-15(3)11-20(26-21)32-6;1-13-6-5-7-20(29-22(30)28(4)26-27-29)18(13)12-31-21-14(2)10-17(15(3)25-21)19-9-8-16(23)11-24-19;1-13-7-6-8-19(29-22(30)28(5)26-27-29)18(13)12-31-21-14(2)11-17(16(4)25-21)20-23-10-9-15(3)24-20;1-13-7-6-8-19(28-21(29)27(5)24-25-28)17(13)12-30-20-14(2)11-16(15(3)22-20)18-9-10-26(4)23-18/h7-11H,12H2,1-6H3;5-11H,12H2,1-4H3;6-11H,12H2,1-5H3;6-11H,12H2,1-5H3. The summed E-state index contributed by atoms with van der Waals surface area (Å²) < 4.78 is 41.2. The maximum atomic E-state index is 12.4. The Kier molecular flexibility index (Phi) is 26.5. The molecule has 0 fully saturated rings. The Bertz CT molecular complexity index is 6950. The van der Waals surface area contributed by atoms with Crippen molar-refractivity contribution in [1.29, 1.82) is 0 Å². The van der Waals surface area contributed by atoms with Gasteiger partial charge < -0.3 is 23.7 Å². The van der Waals surface area contributed by atoms with Crippen molar-refractivity contribution < 1.29 is 23.7 Å². The summed E-state index contributed by atoms with van der Waals surface area (Å²) in [4.78, 5) is 90.2. The van der Waals surface area contributed by atoms with Crippen LogP contribution in [0.5, 0.6) is 29.4 Å². The minimum Gasteiger partial charge on any atom is -0.481 e. The molecule has 0 saturated heterocycles. The van der Waals surface area contributed by atoms with Gasteiger partial charge in [-0.05, 0) is 234 Å². The van der Waals surface area contributed by atoms with E-state index in [1.54, 1.807) is 64.5 Å². The minimum atomic E-state index is -0.329. The number of halogens is 1. The van der Waals surface area contributed by atoms with Crippen molar-refractivity contribution in [1.82, 2.24) is 134 Å². The first-order valence-electron chi connectivity index (χ1n) is 39.4. The first kappa shape index (κ1) is 87.6. The summed E-state index contributed by atoms with van der Waals surface area (Å²) in [5.41, 5.74) is 22.1. The first-order chi connectivity index (χ1) is 59.8. The normalized spacial score (nSPS) is 11.0. The van der Waals surface area contributed by atoms with E-state index in [1.807, 2.05) is 225 Å². The molecule has 0 spiro atoms. The molecule has 12 aromatic heterocycles. The zero-order chi connectivity index (χ0) is 89.4. The number of rotatable bonds is 21. The fourth-order valence-corrected chi connectivity index (χ4v) is 13.6. The van der Waals surface area contributed by atoms with Crippen LogP contribution in [0.3, 0.4) is 0 Å². The second-order valence-electron chi connectivity index (χ2n) is 29.7. The second-order valence-corrected chi connectivity index (χ2v) is 30.2. The molecule has 0 saturated carbocycles. The monoisotopic (exact) mass is 1710 g/mol. The fourth-order valence-electron chi connectivity index (χ4n) is 13.4. The molecule has 125 heavy (non-hydrogen) atoms. The molecule has 0 unspecified atom stereocenters. The highest BCUT2D eigenvalue weighted by Gasteiger charge is 2.23. The van der Waals surface area contributed by atoms with Gasteiger partial charge in [0.1, 0.15) is 26.4 Å². The second kappa shape index (κ2) is 37.8. The van der Waals surface area contributed by atoms with Crippen LogP contribution in [0.4, 0.5) is 0 Å². The van der Waals surface area contributed by atoms with Gasteiger partial charge in [0.25, 0.3) is 0 Å². The Morgan fingerprint density at radius 2 is 0.680 bits per heavy atom. The lowest BCUT2D eigenvalue weighted by Crippen LogP contribution is -2.23. The highest BCUT2D eigenvalue weighted by Crippen LogP contribution is 2.34. The minimum absolute atomic E-state index is 0.215. The summed E-state index contributed by atoms with van der Waals surface area (Å²) in [7, 11) is 9.71. The first-order valence-corrected chi connectivity index (χ1v) is 39.8. The van der Waals surface area contributed by atoms with Crippen LogP contribution in [-0.4, -0.2) is 141 Å². The Hall–Kier alpha value is -15.2. The Labute approximate surface area is 722 Å². The van der Waals surface area contributed by atoms with Crippen LogP contribution in [-0.2, 0) is 61.7 Å². The lowest BCUT2D eigenvalue weighted by atomic mass is 10.1. The highest BCUT2D eigenvalue weighted by atomic mass is 35.5. The van der Waals surface area contributed by atoms with Gasteiger partial charge in [0.15, 0.2) is 11.6 Å². The Morgan fingerprint density at radius 1 is 0.336 bits per heavy atom. The van der Waals surface area contributed by atoms with E-state index >= 15 is 0 Å². The molecule has 37 heteroatoms. The lowest BCUT2D eigenvalue weighted by Gasteiger charge is -2.15. The number of aryl methyl sites for hydroxylation is 19. The average Bonchev–Trinajstić information content (AvgIpc) is 1.13. The SMILES string of the molecule is COc1cc(C)nc(-c2cc(C)c(OCc3c(C)cccc3-n3nnn(C)c3=O)nc2C)n1.Cc1cc(-c2ccc(Cl)cn2)c(C)nc1OCc1c(C)cccc1-n1nnn(C)c1=O.Cc1cc(-c2ccn(C)n2)c(C)nc1OCc1c(C)cccc1-n1nnn(C)c1=O.Cc1ccnc(-c2cc(C)c(OCc3c(C)cccc3-n3nnn(C)c3=O)nc2C)n1. The van der Waals surface area contributed by atoms with Gasteiger partial charge >= 0.3 is 22.8 Å². The molecule has 0 aliphatic rings. The van der Waals surface area contributed by atoms with E-state index in [1.165, 1.54) is 37.5 Å². The van der Waals surface area contributed by atoms with E-state index in [-0.39, 0.29) is 49.2 Å². The maximum Gasteiger partial charge on any atom is 0.368 e. The third-order valence-electron chi connectivity index (χ3n) is 20.5. The van der Waals surface area contributed by atoms with Crippen molar-refractivity contribution in [3.8, 4) is 97.4 Å². The molecule has 0 bridgehead atoms.